The van der Waals surface area contributed by atoms with Crippen LogP contribution in [0, 0.1) is 5.82 Å². The first-order chi connectivity index (χ1) is 10.2. The van der Waals surface area contributed by atoms with E-state index in [1.54, 1.807) is 6.07 Å². The fraction of sp³-hybridized carbons (Fsp3) is 0.294. The summed E-state index contributed by atoms with van der Waals surface area (Å²) in [5.74, 6) is -0.119. The summed E-state index contributed by atoms with van der Waals surface area (Å²) in [6.07, 6.45) is 0.764. The first-order valence-electron chi connectivity index (χ1n) is 7.07. The van der Waals surface area contributed by atoms with E-state index < -0.39 is 0 Å². The SMILES string of the molecule is Fc1cc(Br)ccc1CC1CNCC(c2ccccc2)S1. The van der Waals surface area contributed by atoms with Gasteiger partial charge in [0, 0.05) is 28.1 Å². The number of benzene rings is 2. The highest BCUT2D eigenvalue weighted by atomic mass is 79.9. The van der Waals surface area contributed by atoms with Crippen LogP contribution in [0.3, 0.4) is 0 Å². The van der Waals surface area contributed by atoms with E-state index >= 15 is 0 Å². The molecule has 0 aromatic heterocycles. The van der Waals surface area contributed by atoms with E-state index in [-0.39, 0.29) is 5.82 Å². The van der Waals surface area contributed by atoms with Crippen LogP contribution in [-0.4, -0.2) is 18.3 Å². The van der Waals surface area contributed by atoms with Crippen LogP contribution < -0.4 is 5.32 Å². The minimum Gasteiger partial charge on any atom is -0.314 e. The molecule has 4 heteroatoms. The lowest BCUT2D eigenvalue weighted by molar-refractivity contribution is 0.585. The molecular formula is C17H17BrFNS. The van der Waals surface area contributed by atoms with Crippen molar-refractivity contribution in [1.29, 1.82) is 0 Å². The van der Waals surface area contributed by atoms with Crippen LogP contribution in [-0.2, 0) is 6.42 Å². The van der Waals surface area contributed by atoms with E-state index in [1.165, 1.54) is 5.56 Å². The molecule has 3 rings (SSSR count). The number of rotatable bonds is 3. The van der Waals surface area contributed by atoms with Crippen molar-refractivity contribution in [2.45, 2.75) is 16.9 Å². The van der Waals surface area contributed by atoms with Gasteiger partial charge in [-0.05, 0) is 29.7 Å². The average Bonchev–Trinajstić information content (AvgIpc) is 2.51. The number of halogens is 2. The van der Waals surface area contributed by atoms with Crippen molar-refractivity contribution in [3.05, 3.63) is 69.9 Å². The Balaban J connectivity index is 1.69. The summed E-state index contributed by atoms with van der Waals surface area (Å²) in [4.78, 5) is 0. The van der Waals surface area contributed by atoms with Crippen LogP contribution in [0.4, 0.5) is 4.39 Å². The first kappa shape index (κ1) is 15.1. The number of hydrogen-bond acceptors (Lipinski definition) is 2. The number of thioether (sulfide) groups is 1. The third-order valence-electron chi connectivity index (χ3n) is 3.69. The second kappa shape index (κ2) is 6.95. The summed E-state index contributed by atoms with van der Waals surface area (Å²) in [5.41, 5.74) is 2.14. The molecule has 0 saturated carbocycles. The molecule has 0 bridgehead atoms. The van der Waals surface area contributed by atoms with Gasteiger partial charge in [0.15, 0.2) is 0 Å². The van der Waals surface area contributed by atoms with Gasteiger partial charge in [-0.25, -0.2) is 4.39 Å². The topological polar surface area (TPSA) is 12.0 Å². The third kappa shape index (κ3) is 3.87. The zero-order chi connectivity index (χ0) is 14.7. The number of hydrogen-bond donors (Lipinski definition) is 1. The van der Waals surface area contributed by atoms with Gasteiger partial charge in [0.25, 0.3) is 0 Å². The van der Waals surface area contributed by atoms with Gasteiger partial charge < -0.3 is 5.32 Å². The normalized spacial score (nSPS) is 22.2. The Kier molecular flexibility index (Phi) is 4.99. The van der Waals surface area contributed by atoms with Crippen LogP contribution in [0.15, 0.2) is 53.0 Å². The Hall–Kier alpha value is -0.840. The quantitative estimate of drug-likeness (QED) is 0.854. The lowest BCUT2D eigenvalue weighted by Crippen LogP contribution is -2.35. The largest absolute Gasteiger partial charge is 0.314 e. The van der Waals surface area contributed by atoms with Gasteiger partial charge >= 0.3 is 0 Å². The summed E-state index contributed by atoms with van der Waals surface area (Å²) in [5, 5.41) is 4.33. The fourth-order valence-electron chi connectivity index (χ4n) is 2.62. The molecule has 1 saturated heterocycles. The van der Waals surface area contributed by atoms with Gasteiger partial charge in [0.05, 0.1) is 0 Å². The second-order valence-corrected chi connectivity index (χ2v) is 7.68. The highest BCUT2D eigenvalue weighted by Crippen LogP contribution is 2.35. The Morgan fingerprint density at radius 1 is 1.14 bits per heavy atom. The van der Waals surface area contributed by atoms with Crippen LogP contribution in [0.1, 0.15) is 16.4 Å². The van der Waals surface area contributed by atoms with Crippen LogP contribution >= 0.6 is 27.7 Å². The molecule has 2 aromatic rings. The van der Waals surface area contributed by atoms with E-state index in [4.69, 9.17) is 0 Å². The van der Waals surface area contributed by atoms with Crippen molar-refractivity contribution < 1.29 is 4.39 Å². The molecule has 1 fully saturated rings. The minimum atomic E-state index is -0.119. The van der Waals surface area contributed by atoms with Gasteiger partial charge in [0.1, 0.15) is 5.82 Å². The molecule has 2 atom stereocenters. The zero-order valence-electron chi connectivity index (χ0n) is 11.6. The molecule has 2 aromatic carbocycles. The molecule has 21 heavy (non-hydrogen) atoms. The molecule has 0 radical (unpaired) electrons. The maximum absolute atomic E-state index is 14.0. The molecule has 2 unspecified atom stereocenters. The van der Waals surface area contributed by atoms with Gasteiger partial charge in [-0.2, -0.15) is 0 Å². The highest BCUT2D eigenvalue weighted by molar-refractivity contribution is 9.10. The summed E-state index contributed by atoms with van der Waals surface area (Å²) in [6, 6.07) is 15.9. The summed E-state index contributed by atoms with van der Waals surface area (Å²) in [7, 11) is 0. The Labute approximate surface area is 137 Å². The smallest absolute Gasteiger partial charge is 0.127 e. The molecule has 1 aliphatic rings. The third-order valence-corrected chi connectivity index (χ3v) is 5.67. The van der Waals surface area contributed by atoms with Gasteiger partial charge in [0.2, 0.25) is 0 Å². The van der Waals surface area contributed by atoms with E-state index in [0.29, 0.717) is 10.5 Å². The van der Waals surface area contributed by atoms with Crippen LogP contribution in [0.25, 0.3) is 0 Å². The van der Waals surface area contributed by atoms with E-state index in [9.17, 15) is 4.39 Å². The molecule has 0 aliphatic carbocycles. The first-order valence-corrected chi connectivity index (χ1v) is 8.81. The Morgan fingerprint density at radius 2 is 1.95 bits per heavy atom. The molecule has 0 spiro atoms. The van der Waals surface area contributed by atoms with Crippen LogP contribution in [0.2, 0.25) is 0 Å². The maximum Gasteiger partial charge on any atom is 0.127 e. The van der Waals surface area contributed by atoms with Crippen LogP contribution in [0.5, 0.6) is 0 Å². The van der Waals surface area contributed by atoms with E-state index in [2.05, 4.69) is 45.5 Å². The fourth-order valence-corrected chi connectivity index (χ4v) is 4.44. The zero-order valence-corrected chi connectivity index (χ0v) is 14.0. The lowest BCUT2D eigenvalue weighted by atomic mass is 10.1. The standard InChI is InChI=1S/C17H17BrFNS/c18-14-7-6-13(16(19)9-14)8-15-10-20-11-17(21-15)12-4-2-1-3-5-12/h1-7,9,15,17,20H,8,10-11H2. The van der Waals surface area contributed by atoms with Gasteiger partial charge in [-0.3, -0.25) is 0 Å². The number of nitrogens with one attached hydrogen (secondary N) is 1. The molecule has 110 valence electrons. The lowest BCUT2D eigenvalue weighted by Gasteiger charge is -2.30. The average molecular weight is 366 g/mol. The minimum absolute atomic E-state index is 0.119. The van der Waals surface area contributed by atoms with E-state index in [1.807, 2.05) is 30.0 Å². The van der Waals surface area contributed by atoms with Crippen molar-refractivity contribution in [1.82, 2.24) is 5.32 Å². The van der Waals surface area contributed by atoms with E-state index in [0.717, 1.165) is 29.5 Å². The van der Waals surface area contributed by atoms with Crippen molar-refractivity contribution in [3.8, 4) is 0 Å². The highest BCUT2D eigenvalue weighted by Gasteiger charge is 2.24. The molecule has 1 N–H and O–H groups in total. The Morgan fingerprint density at radius 3 is 2.71 bits per heavy atom. The monoisotopic (exact) mass is 365 g/mol. The molecule has 0 amide bonds. The van der Waals surface area contributed by atoms with Crippen molar-refractivity contribution >= 4 is 27.7 Å². The molecule has 1 aliphatic heterocycles. The predicted octanol–water partition coefficient (Wildman–Crippen LogP) is 4.58. The van der Waals surface area contributed by atoms with Gasteiger partial charge in [-0.1, -0.05) is 52.3 Å². The molecule has 1 nitrogen and oxygen atoms in total. The second-order valence-electron chi connectivity index (χ2n) is 5.26. The molecular weight excluding hydrogens is 349 g/mol. The maximum atomic E-state index is 14.0. The predicted molar refractivity (Wildman–Crippen MR) is 91.2 cm³/mol. The summed E-state index contributed by atoms with van der Waals surface area (Å²) >= 11 is 5.26. The van der Waals surface area contributed by atoms with Crippen molar-refractivity contribution in [2.75, 3.05) is 13.1 Å². The molecule has 1 heterocycles. The van der Waals surface area contributed by atoms with Crippen molar-refractivity contribution in [3.63, 3.8) is 0 Å². The van der Waals surface area contributed by atoms with Gasteiger partial charge in [-0.15, -0.1) is 11.8 Å². The summed E-state index contributed by atoms with van der Waals surface area (Å²) in [6.45, 7) is 1.91. The Bertz CT molecular complexity index is 605. The summed E-state index contributed by atoms with van der Waals surface area (Å²) < 4.78 is 14.8. The van der Waals surface area contributed by atoms with Crippen molar-refractivity contribution in [2.24, 2.45) is 0 Å².